The number of benzene rings is 3. The van der Waals surface area contributed by atoms with Crippen LogP contribution in [0.4, 0.5) is 0 Å². The SMILES string of the molecule is COc1ccc(OCc2nc3ccccc3n2CCOc2cccc(C)c2C)cc1. The van der Waals surface area contributed by atoms with Crippen molar-refractivity contribution >= 4 is 11.0 Å². The number of hydrogen-bond acceptors (Lipinski definition) is 4. The van der Waals surface area contributed by atoms with Crippen molar-refractivity contribution in [3.05, 3.63) is 83.7 Å². The minimum Gasteiger partial charge on any atom is -0.497 e. The first-order valence-electron chi connectivity index (χ1n) is 10.1. The highest BCUT2D eigenvalue weighted by molar-refractivity contribution is 5.75. The predicted octanol–water partition coefficient (Wildman–Crippen LogP) is 5.32. The molecule has 30 heavy (non-hydrogen) atoms. The van der Waals surface area contributed by atoms with E-state index in [1.54, 1.807) is 7.11 Å². The Labute approximate surface area is 176 Å². The van der Waals surface area contributed by atoms with Gasteiger partial charge in [0.2, 0.25) is 0 Å². The number of fused-ring (bicyclic) bond motifs is 1. The number of imidazole rings is 1. The monoisotopic (exact) mass is 402 g/mol. The molecule has 0 saturated carbocycles. The normalized spacial score (nSPS) is 10.9. The molecule has 0 bridgehead atoms. The van der Waals surface area contributed by atoms with Crippen LogP contribution in [0, 0.1) is 13.8 Å². The van der Waals surface area contributed by atoms with E-state index in [1.165, 1.54) is 11.1 Å². The Hall–Kier alpha value is -3.47. The van der Waals surface area contributed by atoms with Gasteiger partial charge in [0.1, 0.15) is 36.3 Å². The summed E-state index contributed by atoms with van der Waals surface area (Å²) >= 11 is 0. The smallest absolute Gasteiger partial charge is 0.148 e. The fraction of sp³-hybridized carbons (Fsp3) is 0.240. The van der Waals surface area contributed by atoms with Gasteiger partial charge in [-0.2, -0.15) is 0 Å². The molecule has 1 aromatic heterocycles. The number of ether oxygens (including phenoxy) is 3. The number of para-hydroxylation sites is 2. The van der Waals surface area contributed by atoms with Crippen molar-refractivity contribution < 1.29 is 14.2 Å². The molecule has 0 amide bonds. The Bertz CT molecular complexity index is 1130. The number of methoxy groups -OCH3 is 1. The van der Waals surface area contributed by atoms with Gasteiger partial charge >= 0.3 is 0 Å². The van der Waals surface area contributed by atoms with Gasteiger partial charge in [0.25, 0.3) is 0 Å². The van der Waals surface area contributed by atoms with Crippen molar-refractivity contribution in [1.82, 2.24) is 9.55 Å². The Morgan fingerprint density at radius 3 is 2.40 bits per heavy atom. The van der Waals surface area contributed by atoms with E-state index in [1.807, 2.05) is 54.6 Å². The van der Waals surface area contributed by atoms with E-state index < -0.39 is 0 Å². The number of aromatic nitrogens is 2. The lowest BCUT2D eigenvalue weighted by Crippen LogP contribution is -2.13. The van der Waals surface area contributed by atoms with Crippen molar-refractivity contribution in [2.24, 2.45) is 0 Å². The standard InChI is InChI=1S/C25H26N2O3/c1-18-7-6-10-24(19(18)2)29-16-15-27-23-9-5-4-8-22(23)26-25(27)17-30-21-13-11-20(28-3)12-14-21/h4-14H,15-17H2,1-3H3. The summed E-state index contributed by atoms with van der Waals surface area (Å²) in [6.07, 6.45) is 0. The van der Waals surface area contributed by atoms with E-state index in [-0.39, 0.29) is 0 Å². The second kappa shape index (κ2) is 8.91. The molecule has 5 nitrogen and oxygen atoms in total. The zero-order chi connectivity index (χ0) is 20.9. The zero-order valence-electron chi connectivity index (χ0n) is 17.6. The minimum absolute atomic E-state index is 0.379. The molecule has 0 saturated heterocycles. The van der Waals surface area contributed by atoms with Gasteiger partial charge in [0, 0.05) is 0 Å². The molecule has 154 valence electrons. The minimum atomic E-state index is 0.379. The van der Waals surface area contributed by atoms with E-state index in [0.29, 0.717) is 19.8 Å². The molecule has 4 aromatic rings. The molecule has 0 atom stereocenters. The van der Waals surface area contributed by atoms with E-state index in [0.717, 1.165) is 34.1 Å². The van der Waals surface area contributed by atoms with Gasteiger partial charge in [-0.3, -0.25) is 0 Å². The summed E-state index contributed by atoms with van der Waals surface area (Å²) in [7, 11) is 1.65. The van der Waals surface area contributed by atoms with Crippen LogP contribution in [-0.2, 0) is 13.2 Å². The third-order valence-electron chi connectivity index (χ3n) is 5.29. The summed E-state index contributed by atoms with van der Waals surface area (Å²) in [5.41, 5.74) is 4.44. The Morgan fingerprint density at radius 2 is 1.60 bits per heavy atom. The Kier molecular flexibility index (Phi) is 5.89. The average Bonchev–Trinajstić information content (AvgIpc) is 3.13. The molecular formula is C25H26N2O3. The first kappa shape index (κ1) is 19.8. The van der Waals surface area contributed by atoms with Crippen LogP contribution in [-0.4, -0.2) is 23.3 Å². The van der Waals surface area contributed by atoms with Gasteiger partial charge in [-0.1, -0.05) is 24.3 Å². The highest BCUT2D eigenvalue weighted by atomic mass is 16.5. The highest BCUT2D eigenvalue weighted by Gasteiger charge is 2.12. The van der Waals surface area contributed by atoms with Crippen molar-refractivity contribution in [3.63, 3.8) is 0 Å². The Balaban J connectivity index is 1.50. The molecule has 0 radical (unpaired) electrons. The predicted molar refractivity (Wildman–Crippen MR) is 118 cm³/mol. The highest BCUT2D eigenvalue weighted by Crippen LogP contribution is 2.22. The summed E-state index contributed by atoms with van der Waals surface area (Å²) < 4.78 is 19.4. The summed E-state index contributed by atoms with van der Waals surface area (Å²) in [5, 5.41) is 0. The van der Waals surface area contributed by atoms with Crippen LogP contribution in [0.1, 0.15) is 17.0 Å². The molecule has 4 rings (SSSR count). The maximum absolute atomic E-state index is 6.08. The zero-order valence-corrected chi connectivity index (χ0v) is 17.6. The average molecular weight is 402 g/mol. The Morgan fingerprint density at radius 1 is 0.833 bits per heavy atom. The van der Waals surface area contributed by atoms with Crippen LogP contribution < -0.4 is 14.2 Å². The quantitative estimate of drug-likeness (QED) is 0.400. The van der Waals surface area contributed by atoms with E-state index >= 15 is 0 Å². The maximum Gasteiger partial charge on any atom is 0.148 e. The van der Waals surface area contributed by atoms with Crippen molar-refractivity contribution in [1.29, 1.82) is 0 Å². The lowest BCUT2D eigenvalue weighted by molar-refractivity contribution is 0.271. The first-order valence-corrected chi connectivity index (χ1v) is 10.1. The lowest BCUT2D eigenvalue weighted by Gasteiger charge is -2.14. The van der Waals surface area contributed by atoms with Gasteiger partial charge in [-0.25, -0.2) is 4.98 Å². The van der Waals surface area contributed by atoms with Crippen LogP contribution in [0.25, 0.3) is 11.0 Å². The summed E-state index contributed by atoms with van der Waals surface area (Å²) in [6.45, 7) is 5.81. The van der Waals surface area contributed by atoms with Gasteiger partial charge in [-0.05, 0) is 67.4 Å². The second-order valence-corrected chi connectivity index (χ2v) is 7.18. The van der Waals surface area contributed by atoms with Gasteiger partial charge in [0.15, 0.2) is 0 Å². The van der Waals surface area contributed by atoms with Crippen LogP contribution in [0.15, 0.2) is 66.7 Å². The molecule has 5 heteroatoms. The largest absolute Gasteiger partial charge is 0.497 e. The topological polar surface area (TPSA) is 45.5 Å². The van der Waals surface area contributed by atoms with Crippen molar-refractivity contribution in [2.45, 2.75) is 27.0 Å². The van der Waals surface area contributed by atoms with Gasteiger partial charge in [0.05, 0.1) is 24.7 Å². The van der Waals surface area contributed by atoms with E-state index in [9.17, 15) is 0 Å². The summed E-state index contributed by atoms with van der Waals surface area (Å²) in [6, 6.07) is 21.8. The number of rotatable bonds is 8. The molecule has 0 aliphatic carbocycles. The molecule has 3 aromatic carbocycles. The molecule has 0 N–H and O–H groups in total. The fourth-order valence-corrected chi connectivity index (χ4v) is 3.43. The van der Waals surface area contributed by atoms with Crippen LogP contribution in [0.3, 0.4) is 0 Å². The molecule has 0 aliphatic rings. The van der Waals surface area contributed by atoms with Crippen LogP contribution >= 0.6 is 0 Å². The number of nitrogens with zero attached hydrogens (tertiary/aromatic N) is 2. The molecular weight excluding hydrogens is 376 g/mol. The van der Waals surface area contributed by atoms with E-state index in [4.69, 9.17) is 19.2 Å². The first-order chi connectivity index (χ1) is 14.7. The van der Waals surface area contributed by atoms with Crippen molar-refractivity contribution in [3.8, 4) is 17.2 Å². The third kappa shape index (κ3) is 4.25. The molecule has 0 aliphatic heterocycles. The third-order valence-corrected chi connectivity index (χ3v) is 5.29. The van der Waals surface area contributed by atoms with Crippen molar-refractivity contribution in [2.75, 3.05) is 13.7 Å². The van der Waals surface area contributed by atoms with Gasteiger partial charge in [-0.15, -0.1) is 0 Å². The molecule has 0 unspecified atom stereocenters. The fourth-order valence-electron chi connectivity index (χ4n) is 3.43. The number of hydrogen-bond donors (Lipinski definition) is 0. The summed E-state index contributed by atoms with van der Waals surface area (Å²) in [5.74, 6) is 3.38. The van der Waals surface area contributed by atoms with Crippen LogP contribution in [0.2, 0.25) is 0 Å². The molecule has 0 fully saturated rings. The lowest BCUT2D eigenvalue weighted by atomic mass is 10.1. The van der Waals surface area contributed by atoms with Crippen LogP contribution in [0.5, 0.6) is 17.2 Å². The van der Waals surface area contributed by atoms with E-state index in [2.05, 4.69) is 30.5 Å². The second-order valence-electron chi connectivity index (χ2n) is 7.18. The maximum atomic E-state index is 6.08. The molecule has 1 heterocycles. The van der Waals surface area contributed by atoms with Gasteiger partial charge < -0.3 is 18.8 Å². The molecule has 0 spiro atoms. The summed E-state index contributed by atoms with van der Waals surface area (Å²) in [4.78, 5) is 4.78. The number of aryl methyl sites for hydroxylation is 1.